The Labute approximate surface area is 122 Å². The zero-order valence-electron chi connectivity index (χ0n) is 11.2. The molecule has 0 unspecified atom stereocenters. The molecular weight excluding hydrogens is 262 g/mol. The van der Waals surface area contributed by atoms with Crippen molar-refractivity contribution in [2.75, 3.05) is 5.32 Å². The molecule has 1 aromatic carbocycles. The van der Waals surface area contributed by atoms with E-state index in [0.29, 0.717) is 5.69 Å². The van der Waals surface area contributed by atoms with E-state index >= 15 is 0 Å². The van der Waals surface area contributed by atoms with E-state index in [0.717, 1.165) is 16.5 Å². The maximum Gasteiger partial charge on any atom is 0.248 e. The zero-order chi connectivity index (χ0) is 14.5. The highest BCUT2D eigenvalue weighted by Crippen LogP contribution is 2.16. The van der Waals surface area contributed by atoms with Gasteiger partial charge in [0.1, 0.15) is 0 Å². The van der Waals surface area contributed by atoms with Crippen molar-refractivity contribution in [3.8, 4) is 0 Å². The fraction of sp³-hybridized carbons (Fsp3) is 0. The van der Waals surface area contributed by atoms with Gasteiger partial charge < -0.3 is 5.32 Å². The SMILES string of the molecule is O=C(/C=C/c1cccnc1)Nc1cnc2ccccc2c1. The molecule has 0 saturated carbocycles. The number of rotatable bonds is 3. The van der Waals surface area contributed by atoms with Crippen LogP contribution < -0.4 is 5.32 Å². The van der Waals surface area contributed by atoms with Gasteiger partial charge in [0, 0.05) is 23.9 Å². The predicted octanol–water partition coefficient (Wildman–Crippen LogP) is 3.28. The first-order valence-electron chi connectivity index (χ1n) is 6.55. The first kappa shape index (κ1) is 13.0. The first-order valence-corrected chi connectivity index (χ1v) is 6.55. The molecule has 0 atom stereocenters. The Morgan fingerprint density at radius 2 is 2.00 bits per heavy atom. The second-order valence-electron chi connectivity index (χ2n) is 4.53. The quantitative estimate of drug-likeness (QED) is 0.746. The molecule has 1 N–H and O–H groups in total. The average molecular weight is 275 g/mol. The standard InChI is InChI=1S/C17H13N3O/c21-17(8-7-13-4-3-9-18-11-13)20-15-10-14-5-1-2-6-16(14)19-12-15/h1-12H,(H,20,21)/b8-7+. The van der Waals surface area contributed by atoms with E-state index in [1.807, 2.05) is 42.5 Å². The molecule has 0 fully saturated rings. The van der Waals surface area contributed by atoms with E-state index in [1.165, 1.54) is 6.08 Å². The highest BCUT2D eigenvalue weighted by Gasteiger charge is 2.00. The monoisotopic (exact) mass is 275 g/mol. The molecule has 0 aliphatic heterocycles. The Hall–Kier alpha value is -3.01. The van der Waals surface area contributed by atoms with Crippen LogP contribution in [-0.4, -0.2) is 15.9 Å². The van der Waals surface area contributed by atoms with Crippen molar-refractivity contribution >= 4 is 28.6 Å². The lowest BCUT2D eigenvalue weighted by atomic mass is 10.2. The number of amides is 1. The van der Waals surface area contributed by atoms with E-state index in [9.17, 15) is 4.79 Å². The third-order valence-electron chi connectivity index (χ3n) is 2.97. The number of hydrogen-bond acceptors (Lipinski definition) is 3. The van der Waals surface area contributed by atoms with Gasteiger partial charge in [-0.1, -0.05) is 24.3 Å². The highest BCUT2D eigenvalue weighted by atomic mass is 16.1. The van der Waals surface area contributed by atoms with Crippen LogP contribution in [-0.2, 0) is 4.79 Å². The Bertz CT molecular complexity index is 797. The molecule has 2 aromatic heterocycles. The van der Waals surface area contributed by atoms with Crippen molar-refractivity contribution in [2.45, 2.75) is 0 Å². The first-order chi connectivity index (χ1) is 10.3. The van der Waals surface area contributed by atoms with Crippen molar-refractivity contribution in [1.82, 2.24) is 9.97 Å². The van der Waals surface area contributed by atoms with Crippen LogP contribution in [0.1, 0.15) is 5.56 Å². The van der Waals surface area contributed by atoms with Crippen LogP contribution in [0.4, 0.5) is 5.69 Å². The topological polar surface area (TPSA) is 54.9 Å². The molecule has 0 saturated heterocycles. The highest BCUT2D eigenvalue weighted by molar-refractivity contribution is 6.02. The minimum Gasteiger partial charge on any atom is -0.321 e. The molecule has 0 bridgehead atoms. The molecule has 4 heteroatoms. The van der Waals surface area contributed by atoms with Gasteiger partial charge >= 0.3 is 0 Å². The fourth-order valence-electron chi connectivity index (χ4n) is 1.97. The number of pyridine rings is 2. The smallest absolute Gasteiger partial charge is 0.248 e. The van der Waals surface area contributed by atoms with Crippen molar-refractivity contribution in [1.29, 1.82) is 0 Å². The van der Waals surface area contributed by atoms with Gasteiger partial charge in [0.25, 0.3) is 0 Å². The van der Waals surface area contributed by atoms with Crippen LogP contribution >= 0.6 is 0 Å². The summed E-state index contributed by atoms with van der Waals surface area (Å²) < 4.78 is 0. The molecule has 0 radical (unpaired) electrons. The van der Waals surface area contributed by atoms with Crippen molar-refractivity contribution in [3.63, 3.8) is 0 Å². The third kappa shape index (κ3) is 3.30. The van der Waals surface area contributed by atoms with Gasteiger partial charge in [-0.2, -0.15) is 0 Å². The summed E-state index contributed by atoms with van der Waals surface area (Å²) in [7, 11) is 0. The normalized spacial score (nSPS) is 10.9. The largest absolute Gasteiger partial charge is 0.321 e. The van der Waals surface area contributed by atoms with Gasteiger partial charge in [-0.05, 0) is 29.8 Å². The zero-order valence-corrected chi connectivity index (χ0v) is 11.2. The number of fused-ring (bicyclic) bond motifs is 1. The molecular formula is C17H13N3O. The molecule has 3 rings (SSSR count). The summed E-state index contributed by atoms with van der Waals surface area (Å²) in [5, 5.41) is 3.79. The molecule has 2 heterocycles. The summed E-state index contributed by atoms with van der Waals surface area (Å²) in [6.07, 6.45) is 8.24. The fourth-order valence-corrected chi connectivity index (χ4v) is 1.97. The van der Waals surface area contributed by atoms with Gasteiger partial charge in [0.15, 0.2) is 0 Å². The van der Waals surface area contributed by atoms with E-state index < -0.39 is 0 Å². The van der Waals surface area contributed by atoms with E-state index in [1.54, 1.807) is 24.7 Å². The summed E-state index contributed by atoms with van der Waals surface area (Å²) in [5.41, 5.74) is 2.46. The van der Waals surface area contributed by atoms with Crippen molar-refractivity contribution in [2.24, 2.45) is 0 Å². The van der Waals surface area contributed by atoms with Gasteiger partial charge in [-0.25, -0.2) is 0 Å². The molecule has 0 aliphatic rings. The van der Waals surface area contributed by atoms with Crippen LogP contribution in [0.2, 0.25) is 0 Å². The van der Waals surface area contributed by atoms with Crippen LogP contribution in [0, 0.1) is 0 Å². The number of benzene rings is 1. The number of hydrogen-bond donors (Lipinski definition) is 1. The van der Waals surface area contributed by atoms with Gasteiger partial charge in [-0.3, -0.25) is 14.8 Å². The van der Waals surface area contributed by atoms with Gasteiger partial charge in [0.2, 0.25) is 5.91 Å². The van der Waals surface area contributed by atoms with Crippen molar-refractivity contribution < 1.29 is 4.79 Å². The Balaban J connectivity index is 1.73. The number of nitrogens with one attached hydrogen (secondary N) is 1. The lowest BCUT2D eigenvalue weighted by molar-refractivity contribution is -0.111. The number of para-hydroxylation sites is 1. The summed E-state index contributed by atoms with van der Waals surface area (Å²) >= 11 is 0. The lowest BCUT2D eigenvalue weighted by Crippen LogP contribution is -2.07. The van der Waals surface area contributed by atoms with E-state index in [2.05, 4.69) is 15.3 Å². The van der Waals surface area contributed by atoms with Gasteiger partial charge in [0.05, 0.1) is 17.4 Å². The molecule has 21 heavy (non-hydrogen) atoms. The van der Waals surface area contributed by atoms with E-state index in [-0.39, 0.29) is 5.91 Å². The third-order valence-corrected chi connectivity index (χ3v) is 2.97. The second-order valence-corrected chi connectivity index (χ2v) is 4.53. The molecule has 0 spiro atoms. The van der Waals surface area contributed by atoms with Crippen LogP contribution in [0.25, 0.3) is 17.0 Å². The molecule has 102 valence electrons. The predicted molar refractivity (Wildman–Crippen MR) is 83.6 cm³/mol. The molecule has 1 amide bonds. The molecule has 3 aromatic rings. The number of carbonyl (C=O) groups excluding carboxylic acids is 1. The lowest BCUT2D eigenvalue weighted by Gasteiger charge is -2.03. The van der Waals surface area contributed by atoms with Crippen molar-refractivity contribution in [3.05, 3.63) is 72.7 Å². The summed E-state index contributed by atoms with van der Waals surface area (Å²) in [6, 6.07) is 13.4. The summed E-state index contributed by atoms with van der Waals surface area (Å²) in [6.45, 7) is 0. The number of carbonyl (C=O) groups is 1. The Kier molecular flexibility index (Phi) is 3.69. The summed E-state index contributed by atoms with van der Waals surface area (Å²) in [4.78, 5) is 20.2. The Morgan fingerprint density at radius 3 is 2.86 bits per heavy atom. The average Bonchev–Trinajstić information content (AvgIpc) is 2.54. The second kappa shape index (κ2) is 5.96. The molecule has 0 aliphatic carbocycles. The van der Waals surface area contributed by atoms with E-state index in [4.69, 9.17) is 0 Å². The minimum absolute atomic E-state index is 0.198. The van der Waals surface area contributed by atoms with Crippen LogP contribution in [0.5, 0.6) is 0 Å². The number of aromatic nitrogens is 2. The Morgan fingerprint density at radius 1 is 1.10 bits per heavy atom. The number of nitrogens with zero attached hydrogens (tertiary/aromatic N) is 2. The van der Waals surface area contributed by atoms with Crippen LogP contribution in [0.3, 0.4) is 0 Å². The summed E-state index contributed by atoms with van der Waals surface area (Å²) in [5.74, 6) is -0.198. The maximum absolute atomic E-state index is 11.9. The maximum atomic E-state index is 11.9. The van der Waals surface area contributed by atoms with Gasteiger partial charge in [-0.15, -0.1) is 0 Å². The van der Waals surface area contributed by atoms with Crippen LogP contribution in [0.15, 0.2) is 67.1 Å². The minimum atomic E-state index is -0.198. The molecule has 4 nitrogen and oxygen atoms in total. The number of anilines is 1.